The van der Waals surface area contributed by atoms with Gasteiger partial charge < -0.3 is 30.5 Å². The summed E-state index contributed by atoms with van der Waals surface area (Å²) in [5, 5.41) is 28.1. The zero-order valence-corrected chi connectivity index (χ0v) is 26.4. The molecule has 9 heteroatoms. The summed E-state index contributed by atoms with van der Waals surface area (Å²) in [7, 11) is 1.67. The van der Waals surface area contributed by atoms with Crippen molar-refractivity contribution in [2.24, 2.45) is 5.92 Å². The quantitative estimate of drug-likeness (QED) is 0.162. The Morgan fingerprint density at radius 1 is 1.07 bits per heavy atom. The second-order valence-corrected chi connectivity index (χ2v) is 11.8. The summed E-state index contributed by atoms with van der Waals surface area (Å²) in [6.45, 7) is 5.37. The largest absolute Gasteiger partial charge is 0.465 e. The molecule has 236 valence electrons. The number of rotatable bonds is 14. The van der Waals surface area contributed by atoms with E-state index < -0.39 is 11.7 Å². The van der Waals surface area contributed by atoms with Gasteiger partial charge in [0.1, 0.15) is 0 Å². The summed E-state index contributed by atoms with van der Waals surface area (Å²) in [5.74, 6) is -0.341. The Bertz CT molecular complexity index is 1400. The molecule has 1 heterocycles. The lowest BCUT2D eigenvalue weighted by Crippen LogP contribution is -2.48. The van der Waals surface area contributed by atoms with E-state index in [-0.39, 0.29) is 18.4 Å². The monoisotopic (exact) mass is 621 g/mol. The lowest BCUT2D eigenvalue weighted by atomic mass is 9.72. The average molecular weight is 622 g/mol. The Morgan fingerprint density at radius 3 is 2.57 bits per heavy atom. The highest BCUT2D eigenvalue weighted by Gasteiger charge is 2.43. The molecule has 0 aromatic heterocycles. The Morgan fingerprint density at radius 2 is 1.84 bits per heavy atom. The van der Waals surface area contributed by atoms with Crippen LogP contribution in [0.5, 0.6) is 0 Å². The van der Waals surface area contributed by atoms with Crippen LogP contribution >= 0.6 is 11.6 Å². The molecule has 1 fully saturated rings. The molecule has 2 unspecified atom stereocenters. The van der Waals surface area contributed by atoms with Crippen molar-refractivity contribution in [3.05, 3.63) is 94.0 Å². The number of halogens is 1. The number of aryl methyl sites for hydroxylation is 1. The third-order valence-corrected chi connectivity index (χ3v) is 8.83. The van der Waals surface area contributed by atoms with E-state index in [1.54, 1.807) is 7.11 Å². The number of amides is 2. The number of aliphatic hydroxyl groups is 1. The van der Waals surface area contributed by atoms with E-state index in [1.165, 1.54) is 0 Å². The van der Waals surface area contributed by atoms with Crippen LogP contribution < -0.4 is 10.6 Å². The lowest BCUT2D eigenvalue weighted by Gasteiger charge is -2.44. The van der Waals surface area contributed by atoms with Crippen molar-refractivity contribution in [3.63, 3.8) is 0 Å². The van der Waals surface area contributed by atoms with E-state index in [0.717, 1.165) is 48.1 Å². The summed E-state index contributed by atoms with van der Waals surface area (Å²) in [6.07, 6.45) is 1.97. The predicted octanol–water partition coefficient (Wildman–Crippen LogP) is 6.09. The zero-order chi connectivity index (χ0) is 31.5. The molecule has 1 aliphatic rings. The van der Waals surface area contributed by atoms with Gasteiger partial charge in [-0.15, -0.1) is 0 Å². The summed E-state index contributed by atoms with van der Waals surface area (Å²) >= 11 is 6.85. The van der Waals surface area contributed by atoms with Gasteiger partial charge in [-0.3, -0.25) is 4.79 Å². The lowest BCUT2D eigenvalue weighted by molar-refractivity contribution is -0.0563. The first-order chi connectivity index (χ1) is 21.3. The number of carbonyl (C=O) groups is 2. The van der Waals surface area contributed by atoms with Crippen molar-refractivity contribution < 1.29 is 24.5 Å². The highest BCUT2D eigenvalue weighted by atomic mass is 35.5. The first kappa shape index (κ1) is 33.5. The van der Waals surface area contributed by atoms with Crippen molar-refractivity contribution in [2.45, 2.75) is 51.2 Å². The van der Waals surface area contributed by atoms with Gasteiger partial charge in [0.2, 0.25) is 0 Å². The molecule has 3 aromatic rings. The fourth-order valence-corrected chi connectivity index (χ4v) is 6.43. The van der Waals surface area contributed by atoms with Crippen LogP contribution in [0.25, 0.3) is 11.1 Å². The Labute approximate surface area is 265 Å². The number of methoxy groups -OCH3 is 1. The number of hydrogen-bond acceptors (Lipinski definition) is 5. The van der Waals surface area contributed by atoms with E-state index >= 15 is 0 Å². The normalized spacial score (nSPS) is 16.4. The van der Waals surface area contributed by atoms with Gasteiger partial charge in [-0.05, 0) is 72.6 Å². The molecule has 8 nitrogen and oxygen atoms in total. The van der Waals surface area contributed by atoms with Crippen LogP contribution in [0.3, 0.4) is 0 Å². The molecule has 0 bridgehead atoms. The smallest absolute Gasteiger partial charge is 0.404 e. The topological polar surface area (TPSA) is 111 Å². The van der Waals surface area contributed by atoms with Crippen LogP contribution in [0.15, 0.2) is 66.7 Å². The van der Waals surface area contributed by atoms with Crippen LogP contribution in [0.4, 0.5) is 4.79 Å². The number of carboxylic acid groups (broad SMARTS) is 1. The Hall–Kier alpha value is -3.43. The van der Waals surface area contributed by atoms with Crippen LogP contribution in [-0.2, 0) is 23.3 Å². The van der Waals surface area contributed by atoms with Crippen LogP contribution in [0.1, 0.15) is 59.7 Å². The number of carbonyl (C=O) groups excluding carboxylic acids is 1. The number of likely N-dealkylation sites (tertiary alicyclic amines) is 1. The van der Waals surface area contributed by atoms with Crippen molar-refractivity contribution >= 4 is 23.6 Å². The van der Waals surface area contributed by atoms with Gasteiger partial charge in [-0.2, -0.15) is 0 Å². The van der Waals surface area contributed by atoms with Crippen LogP contribution in [0.2, 0.25) is 5.02 Å². The number of benzene rings is 3. The molecule has 4 N–H and O–H groups in total. The van der Waals surface area contributed by atoms with Gasteiger partial charge in [-0.1, -0.05) is 67.1 Å². The highest BCUT2D eigenvalue weighted by molar-refractivity contribution is 6.33. The number of hydrogen-bond donors (Lipinski definition) is 4. The molecule has 4 rings (SSSR count). The Balaban J connectivity index is 1.62. The van der Waals surface area contributed by atoms with Gasteiger partial charge in [-0.25, -0.2) is 4.79 Å². The van der Waals surface area contributed by atoms with Gasteiger partial charge >= 0.3 is 6.09 Å². The third-order valence-electron chi connectivity index (χ3n) is 8.51. The SMILES string of the molecule is CCc1cccc(-c2c(Cl)cccc2C(O)(CCCNC(=O)O)C2CCCN(C(=O)c3ccc(CNCCOC)cc3)C2)c1. The molecule has 0 aliphatic carbocycles. The van der Waals surface area contributed by atoms with Gasteiger partial charge in [0.15, 0.2) is 0 Å². The number of piperidine rings is 1. The predicted molar refractivity (Wildman–Crippen MR) is 174 cm³/mol. The first-order valence-corrected chi connectivity index (χ1v) is 15.8. The second-order valence-electron chi connectivity index (χ2n) is 11.4. The summed E-state index contributed by atoms with van der Waals surface area (Å²) in [5.41, 5.74) is 3.91. The van der Waals surface area contributed by atoms with Crippen molar-refractivity contribution in [1.82, 2.24) is 15.5 Å². The molecule has 2 atom stereocenters. The molecule has 1 saturated heterocycles. The Kier molecular flexibility index (Phi) is 12.2. The molecule has 0 radical (unpaired) electrons. The highest BCUT2D eigenvalue weighted by Crippen LogP contribution is 2.45. The minimum absolute atomic E-state index is 0.0644. The number of nitrogens with zero attached hydrogens (tertiary/aromatic N) is 1. The fourth-order valence-electron chi connectivity index (χ4n) is 6.14. The molecule has 3 aromatic carbocycles. The molecular weight excluding hydrogens is 578 g/mol. The molecule has 0 spiro atoms. The van der Waals surface area contributed by atoms with E-state index in [2.05, 4.69) is 29.7 Å². The maximum Gasteiger partial charge on any atom is 0.404 e. The molecule has 0 saturated carbocycles. The second kappa shape index (κ2) is 16.0. The molecule has 2 amide bonds. The van der Waals surface area contributed by atoms with Gasteiger partial charge in [0.05, 0.1) is 12.2 Å². The van der Waals surface area contributed by atoms with Crippen molar-refractivity contribution in [2.75, 3.05) is 39.9 Å². The molecule has 44 heavy (non-hydrogen) atoms. The number of ether oxygens (including phenoxy) is 1. The summed E-state index contributed by atoms with van der Waals surface area (Å²) < 4.78 is 5.08. The van der Waals surface area contributed by atoms with Crippen LogP contribution in [0, 0.1) is 5.92 Å². The van der Waals surface area contributed by atoms with E-state index in [9.17, 15) is 14.7 Å². The van der Waals surface area contributed by atoms with Gasteiger partial charge in [0.25, 0.3) is 5.91 Å². The summed E-state index contributed by atoms with van der Waals surface area (Å²) in [4.78, 5) is 26.7. The maximum atomic E-state index is 13.7. The van der Waals surface area contributed by atoms with Gasteiger partial charge in [0, 0.05) is 61.9 Å². The minimum atomic E-state index is -1.35. The van der Waals surface area contributed by atoms with E-state index in [4.69, 9.17) is 21.4 Å². The summed E-state index contributed by atoms with van der Waals surface area (Å²) in [6, 6.07) is 21.4. The maximum absolute atomic E-state index is 13.7. The third kappa shape index (κ3) is 8.39. The zero-order valence-electron chi connectivity index (χ0n) is 25.7. The number of nitrogens with one attached hydrogen (secondary N) is 2. The molecular formula is C35H44ClN3O5. The van der Waals surface area contributed by atoms with Crippen LogP contribution in [-0.4, -0.2) is 67.0 Å². The van der Waals surface area contributed by atoms with E-state index in [1.807, 2.05) is 59.5 Å². The standard InChI is InChI=1S/C35H44ClN3O5/c1-3-25-8-4-9-28(22-25)32-30(11-5-12-31(32)36)35(43,17-7-18-38-34(41)42)29-10-6-20-39(24-29)33(40)27-15-13-26(14-16-27)23-37-19-21-44-2/h4-5,8-9,11-16,22,29,37-38,43H,3,6-7,10,17-21,23-24H2,1-2H3,(H,41,42). The molecule has 1 aliphatic heterocycles. The van der Waals surface area contributed by atoms with Crippen molar-refractivity contribution in [3.8, 4) is 11.1 Å². The first-order valence-electron chi connectivity index (χ1n) is 15.4. The average Bonchev–Trinajstić information content (AvgIpc) is 3.05. The fraction of sp³-hybridized carbons (Fsp3) is 0.429. The van der Waals surface area contributed by atoms with E-state index in [0.29, 0.717) is 55.2 Å². The minimum Gasteiger partial charge on any atom is -0.465 e. The van der Waals surface area contributed by atoms with Crippen molar-refractivity contribution in [1.29, 1.82) is 0 Å².